The zero-order chi connectivity index (χ0) is 17.3. The largest absolute Gasteiger partial charge is 0.493 e. The van der Waals surface area contributed by atoms with Crippen molar-refractivity contribution in [2.45, 2.75) is 18.5 Å². The van der Waals surface area contributed by atoms with Gasteiger partial charge in [0, 0.05) is 4.47 Å². The molecule has 0 N–H and O–H groups in total. The Hall–Kier alpha value is -1.13. The van der Waals surface area contributed by atoms with Gasteiger partial charge in [0.15, 0.2) is 5.92 Å². The maximum atomic E-state index is 12.6. The first-order chi connectivity index (χ1) is 9.73. The maximum Gasteiger partial charge on any atom is 0.417 e. The number of ether oxygens (including phenoxy) is 1. The molecule has 0 saturated heterocycles. The van der Waals surface area contributed by atoms with Crippen LogP contribution < -0.4 is 4.74 Å². The average Bonchev–Trinajstić information content (AvgIpc) is 2.26. The van der Waals surface area contributed by atoms with E-state index in [2.05, 4.69) is 20.7 Å². The summed E-state index contributed by atoms with van der Waals surface area (Å²) in [6, 6.07) is 1.95. The standard InChI is InChI=1S/C11H6BrF9O/c12-7-2-1-5(3-6(7)9(13,14)15)22-4-8(10(16,17)18)11(19,20)21/h1-3,8H,4H2. The van der Waals surface area contributed by atoms with Crippen molar-refractivity contribution in [3.8, 4) is 5.75 Å². The van der Waals surface area contributed by atoms with Crippen LogP contribution in [0, 0.1) is 5.92 Å². The zero-order valence-electron chi connectivity index (χ0n) is 10.2. The summed E-state index contributed by atoms with van der Waals surface area (Å²) in [4.78, 5) is 0. The highest BCUT2D eigenvalue weighted by atomic mass is 79.9. The lowest BCUT2D eigenvalue weighted by Gasteiger charge is -2.23. The van der Waals surface area contributed by atoms with Crippen LogP contribution in [-0.4, -0.2) is 19.0 Å². The summed E-state index contributed by atoms with van der Waals surface area (Å²) in [5.74, 6) is -4.55. The van der Waals surface area contributed by atoms with Gasteiger partial charge in [-0.25, -0.2) is 0 Å². The number of halogens is 10. The molecule has 22 heavy (non-hydrogen) atoms. The van der Waals surface area contributed by atoms with Gasteiger partial charge in [-0.2, -0.15) is 39.5 Å². The summed E-state index contributed by atoms with van der Waals surface area (Å²) in [6.45, 7) is -1.87. The molecule has 0 bridgehead atoms. The van der Waals surface area contributed by atoms with Crippen molar-refractivity contribution in [3.63, 3.8) is 0 Å². The molecular weight excluding hydrogens is 399 g/mol. The third-order valence-electron chi connectivity index (χ3n) is 2.45. The van der Waals surface area contributed by atoms with E-state index in [1.165, 1.54) is 0 Å². The van der Waals surface area contributed by atoms with E-state index in [1.54, 1.807) is 0 Å². The van der Waals surface area contributed by atoms with E-state index in [9.17, 15) is 39.5 Å². The minimum atomic E-state index is -5.62. The molecule has 0 atom stereocenters. The Morgan fingerprint density at radius 1 is 0.909 bits per heavy atom. The van der Waals surface area contributed by atoms with E-state index in [1.807, 2.05) is 0 Å². The average molecular weight is 405 g/mol. The molecule has 1 rings (SSSR count). The number of rotatable bonds is 3. The van der Waals surface area contributed by atoms with E-state index < -0.39 is 46.8 Å². The van der Waals surface area contributed by atoms with Crippen LogP contribution in [0.4, 0.5) is 39.5 Å². The fourth-order valence-corrected chi connectivity index (χ4v) is 1.84. The third kappa shape index (κ3) is 4.96. The molecule has 126 valence electrons. The topological polar surface area (TPSA) is 9.23 Å². The highest BCUT2D eigenvalue weighted by Gasteiger charge is 2.57. The van der Waals surface area contributed by atoms with Crippen LogP contribution in [0.2, 0.25) is 0 Å². The number of alkyl halides is 9. The molecular formula is C11H6BrF9O. The second-order valence-corrected chi connectivity index (χ2v) is 4.94. The van der Waals surface area contributed by atoms with Crippen molar-refractivity contribution < 1.29 is 44.3 Å². The normalized spacial score (nSPS) is 13.6. The van der Waals surface area contributed by atoms with Gasteiger partial charge < -0.3 is 4.74 Å². The lowest BCUT2D eigenvalue weighted by Crippen LogP contribution is -2.40. The van der Waals surface area contributed by atoms with Crippen LogP contribution in [0.3, 0.4) is 0 Å². The minimum absolute atomic E-state index is 0.313. The molecule has 1 aromatic rings. The first-order valence-electron chi connectivity index (χ1n) is 5.36. The highest BCUT2D eigenvalue weighted by molar-refractivity contribution is 9.10. The zero-order valence-corrected chi connectivity index (χ0v) is 11.8. The van der Waals surface area contributed by atoms with Crippen molar-refractivity contribution in [3.05, 3.63) is 28.2 Å². The predicted molar refractivity (Wildman–Crippen MR) is 60.2 cm³/mol. The maximum absolute atomic E-state index is 12.6. The van der Waals surface area contributed by atoms with Crippen LogP contribution in [0.15, 0.2) is 22.7 Å². The van der Waals surface area contributed by atoms with E-state index >= 15 is 0 Å². The molecule has 1 nitrogen and oxygen atoms in total. The number of hydrogen-bond acceptors (Lipinski definition) is 1. The SMILES string of the molecule is FC(F)(F)c1cc(OCC(C(F)(F)F)C(F)(F)F)ccc1Br. The van der Waals surface area contributed by atoms with Crippen LogP contribution in [0.25, 0.3) is 0 Å². The molecule has 0 aliphatic heterocycles. The lowest BCUT2D eigenvalue weighted by molar-refractivity contribution is -0.289. The molecule has 0 aliphatic rings. The molecule has 0 spiro atoms. The Labute approximate surface area is 126 Å². The molecule has 0 amide bonds. The molecule has 0 aliphatic carbocycles. The minimum Gasteiger partial charge on any atom is -0.493 e. The second-order valence-electron chi connectivity index (χ2n) is 4.09. The van der Waals surface area contributed by atoms with Crippen molar-refractivity contribution in [1.29, 1.82) is 0 Å². The second kappa shape index (κ2) is 6.17. The van der Waals surface area contributed by atoms with Gasteiger partial charge >= 0.3 is 18.5 Å². The van der Waals surface area contributed by atoms with Gasteiger partial charge in [0.1, 0.15) is 12.4 Å². The van der Waals surface area contributed by atoms with Gasteiger partial charge in [0.2, 0.25) is 0 Å². The van der Waals surface area contributed by atoms with Gasteiger partial charge in [-0.15, -0.1) is 0 Å². The number of benzene rings is 1. The fraction of sp³-hybridized carbons (Fsp3) is 0.455. The van der Waals surface area contributed by atoms with E-state index in [0.29, 0.717) is 6.07 Å². The molecule has 0 fully saturated rings. The summed E-state index contributed by atoms with van der Waals surface area (Å²) >= 11 is 2.57. The molecule has 0 heterocycles. The lowest BCUT2D eigenvalue weighted by atomic mass is 10.1. The molecule has 0 radical (unpaired) electrons. The Bertz CT molecular complexity index is 504. The van der Waals surface area contributed by atoms with Crippen molar-refractivity contribution in [2.75, 3.05) is 6.61 Å². The molecule has 0 aromatic heterocycles. The van der Waals surface area contributed by atoms with Gasteiger partial charge in [-0.1, -0.05) is 15.9 Å². The summed E-state index contributed by atoms with van der Waals surface area (Å²) < 4.78 is 115. The van der Waals surface area contributed by atoms with Crippen molar-refractivity contribution in [2.24, 2.45) is 5.92 Å². The predicted octanol–water partition coefficient (Wildman–Crippen LogP) is 5.59. The molecule has 1 aromatic carbocycles. The van der Waals surface area contributed by atoms with Crippen molar-refractivity contribution in [1.82, 2.24) is 0 Å². The van der Waals surface area contributed by atoms with Gasteiger partial charge in [-0.05, 0) is 18.2 Å². The van der Waals surface area contributed by atoms with Gasteiger partial charge in [0.25, 0.3) is 0 Å². The first kappa shape index (κ1) is 18.9. The summed E-state index contributed by atoms with van der Waals surface area (Å²) in [6.07, 6.45) is -16.1. The van der Waals surface area contributed by atoms with Crippen LogP contribution in [0.1, 0.15) is 5.56 Å². The molecule has 0 saturated carbocycles. The monoisotopic (exact) mass is 404 g/mol. The fourth-order valence-electron chi connectivity index (χ4n) is 1.37. The first-order valence-corrected chi connectivity index (χ1v) is 6.15. The Morgan fingerprint density at radius 3 is 1.82 bits per heavy atom. The third-order valence-corrected chi connectivity index (χ3v) is 3.14. The van der Waals surface area contributed by atoms with Gasteiger partial charge in [-0.3, -0.25) is 0 Å². The Kier molecular flexibility index (Phi) is 5.30. The van der Waals surface area contributed by atoms with Crippen LogP contribution in [-0.2, 0) is 6.18 Å². The molecule has 11 heteroatoms. The Morgan fingerprint density at radius 2 is 1.41 bits per heavy atom. The Balaban J connectivity index is 2.97. The highest BCUT2D eigenvalue weighted by Crippen LogP contribution is 2.40. The van der Waals surface area contributed by atoms with Crippen LogP contribution >= 0.6 is 15.9 Å². The quantitative estimate of drug-likeness (QED) is 0.597. The summed E-state index contributed by atoms with van der Waals surface area (Å²) in [7, 11) is 0. The van der Waals surface area contributed by atoms with E-state index in [4.69, 9.17) is 0 Å². The number of hydrogen-bond donors (Lipinski definition) is 0. The van der Waals surface area contributed by atoms with Crippen LogP contribution in [0.5, 0.6) is 5.75 Å². The smallest absolute Gasteiger partial charge is 0.417 e. The van der Waals surface area contributed by atoms with E-state index in [-0.39, 0.29) is 0 Å². The van der Waals surface area contributed by atoms with Gasteiger partial charge in [0.05, 0.1) is 5.56 Å². The van der Waals surface area contributed by atoms with Crippen molar-refractivity contribution >= 4 is 15.9 Å². The molecule has 0 unspecified atom stereocenters. The van der Waals surface area contributed by atoms with E-state index in [0.717, 1.165) is 12.1 Å². The summed E-state index contributed by atoms with van der Waals surface area (Å²) in [5, 5.41) is 0. The summed E-state index contributed by atoms with van der Waals surface area (Å²) in [5.41, 5.74) is -1.28.